The first-order chi connectivity index (χ1) is 9.33. The number of nitrogens with zero attached hydrogens (tertiary/aromatic N) is 2. The first-order valence-corrected chi connectivity index (χ1v) is 6.68. The van der Waals surface area contributed by atoms with Gasteiger partial charge in [0.05, 0.1) is 11.4 Å². The molecule has 19 heavy (non-hydrogen) atoms. The molecule has 3 nitrogen and oxygen atoms in total. The summed E-state index contributed by atoms with van der Waals surface area (Å²) in [6.07, 6.45) is 5.31. The Morgan fingerprint density at radius 1 is 1.05 bits per heavy atom. The van der Waals surface area contributed by atoms with Gasteiger partial charge in [-0.3, -0.25) is 0 Å². The molecule has 1 aliphatic carbocycles. The molecule has 0 fully saturated rings. The molecule has 0 saturated carbocycles. The molecule has 4 rings (SSSR count). The number of nitrogens with two attached hydrogens (primary N) is 1. The molecule has 1 aliphatic rings. The monoisotopic (exact) mass is 249 g/mol. The summed E-state index contributed by atoms with van der Waals surface area (Å²) in [7, 11) is 0. The van der Waals surface area contributed by atoms with E-state index in [-0.39, 0.29) is 0 Å². The number of fused-ring (bicyclic) bond motifs is 5. The first kappa shape index (κ1) is 10.6. The molecule has 2 heterocycles. The molecule has 0 aliphatic heterocycles. The second-order valence-corrected chi connectivity index (χ2v) is 5.11. The summed E-state index contributed by atoms with van der Waals surface area (Å²) in [6.45, 7) is 0. The molecule has 2 N–H and O–H groups in total. The van der Waals surface area contributed by atoms with E-state index in [1.165, 1.54) is 16.8 Å². The van der Waals surface area contributed by atoms with Gasteiger partial charge in [-0.2, -0.15) is 0 Å². The molecule has 3 heteroatoms. The van der Waals surface area contributed by atoms with E-state index in [9.17, 15) is 0 Å². The van der Waals surface area contributed by atoms with E-state index in [0.717, 1.165) is 36.3 Å². The van der Waals surface area contributed by atoms with E-state index in [1.54, 1.807) is 0 Å². The number of nitrogen functional groups attached to an aromatic ring is 1. The van der Waals surface area contributed by atoms with E-state index >= 15 is 0 Å². The largest absolute Gasteiger partial charge is 0.398 e. The third-order valence-electron chi connectivity index (χ3n) is 3.87. The number of hydrogen-bond donors (Lipinski definition) is 1. The predicted molar refractivity (Wildman–Crippen MR) is 77.1 cm³/mol. The Morgan fingerprint density at radius 3 is 2.89 bits per heavy atom. The number of benzene rings is 1. The van der Waals surface area contributed by atoms with Gasteiger partial charge in [-0.25, -0.2) is 4.98 Å². The van der Waals surface area contributed by atoms with Crippen LogP contribution in [0.25, 0.3) is 16.9 Å². The Kier molecular flexibility index (Phi) is 2.15. The lowest BCUT2D eigenvalue weighted by Crippen LogP contribution is -1.95. The molecular weight excluding hydrogens is 234 g/mol. The van der Waals surface area contributed by atoms with E-state index in [1.807, 2.05) is 18.3 Å². The van der Waals surface area contributed by atoms with E-state index in [0.29, 0.717) is 0 Å². The normalized spacial score (nSPS) is 13.9. The highest BCUT2D eigenvalue weighted by Gasteiger charge is 2.19. The number of rotatable bonds is 0. The summed E-state index contributed by atoms with van der Waals surface area (Å²) >= 11 is 0. The van der Waals surface area contributed by atoms with Crippen molar-refractivity contribution < 1.29 is 0 Å². The average Bonchev–Trinajstić information content (AvgIpc) is 2.67. The van der Waals surface area contributed by atoms with Crippen LogP contribution in [0, 0.1) is 0 Å². The van der Waals surface area contributed by atoms with Crippen molar-refractivity contribution in [1.82, 2.24) is 9.38 Å². The lowest BCUT2D eigenvalue weighted by atomic mass is 10.0. The topological polar surface area (TPSA) is 43.3 Å². The van der Waals surface area contributed by atoms with Crippen molar-refractivity contribution in [2.75, 3.05) is 5.73 Å². The fourth-order valence-electron chi connectivity index (χ4n) is 2.98. The minimum absolute atomic E-state index is 0.783. The third kappa shape index (κ3) is 1.55. The summed E-state index contributed by atoms with van der Waals surface area (Å²) in [5, 5.41) is 0. The van der Waals surface area contributed by atoms with Gasteiger partial charge in [0.25, 0.3) is 0 Å². The van der Waals surface area contributed by atoms with Crippen LogP contribution in [0.3, 0.4) is 0 Å². The standard InChI is InChI=1S/C16H15N3/c17-12-8-9-15-18-16-13-6-2-1-4-11(13)5-3-7-14(16)19(15)10-12/h1-2,4,6,8-10H,3,5,7,17H2. The summed E-state index contributed by atoms with van der Waals surface area (Å²) in [6, 6.07) is 12.5. The molecule has 0 spiro atoms. The van der Waals surface area contributed by atoms with E-state index in [2.05, 4.69) is 28.7 Å². The van der Waals surface area contributed by atoms with Crippen molar-refractivity contribution in [3.8, 4) is 11.3 Å². The van der Waals surface area contributed by atoms with Gasteiger partial charge in [-0.1, -0.05) is 24.3 Å². The molecule has 94 valence electrons. The fraction of sp³-hybridized carbons (Fsp3) is 0.188. The van der Waals surface area contributed by atoms with Crippen LogP contribution in [0.4, 0.5) is 5.69 Å². The minimum Gasteiger partial charge on any atom is -0.398 e. The van der Waals surface area contributed by atoms with E-state index < -0.39 is 0 Å². The Hall–Kier alpha value is -2.29. The summed E-state index contributed by atoms with van der Waals surface area (Å²) < 4.78 is 2.15. The highest BCUT2D eigenvalue weighted by molar-refractivity contribution is 5.71. The minimum atomic E-state index is 0.783. The van der Waals surface area contributed by atoms with Crippen molar-refractivity contribution in [2.24, 2.45) is 0 Å². The lowest BCUT2D eigenvalue weighted by molar-refractivity contribution is 0.805. The fourth-order valence-corrected chi connectivity index (χ4v) is 2.98. The molecule has 0 unspecified atom stereocenters. The quantitative estimate of drug-likeness (QED) is 0.665. The van der Waals surface area contributed by atoms with Gasteiger partial charge < -0.3 is 10.1 Å². The van der Waals surface area contributed by atoms with Gasteiger partial charge in [0.1, 0.15) is 5.65 Å². The van der Waals surface area contributed by atoms with Gasteiger partial charge >= 0.3 is 0 Å². The summed E-state index contributed by atoms with van der Waals surface area (Å²) in [5.41, 5.74) is 12.8. The van der Waals surface area contributed by atoms with Crippen molar-refractivity contribution in [2.45, 2.75) is 19.3 Å². The van der Waals surface area contributed by atoms with Crippen molar-refractivity contribution in [3.05, 3.63) is 53.9 Å². The van der Waals surface area contributed by atoms with Gasteiger partial charge in [0.15, 0.2) is 0 Å². The van der Waals surface area contributed by atoms with Gasteiger partial charge in [0, 0.05) is 17.4 Å². The number of anilines is 1. The molecule has 0 amide bonds. The zero-order chi connectivity index (χ0) is 12.8. The Labute approximate surface area is 111 Å². The molecule has 2 aromatic heterocycles. The smallest absolute Gasteiger partial charge is 0.137 e. The summed E-state index contributed by atoms with van der Waals surface area (Å²) in [5.74, 6) is 0. The van der Waals surface area contributed by atoms with Crippen LogP contribution in [-0.2, 0) is 12.8 Å². The van der Waals surface area contributed by atoms with Crippen LogP contribution >= 0.6 is 0 Å². The van der Waals surface area contributed by atoms with Crippen LogP contribution in [0.15, 0.2) is 42.6 Å². The molecule has 0 saturated heterocycles. The Balaban J connectivity index is 2.08. The molecule has 0 atom stereocenters. The summed E-state index contributed by atoms with van der Waals surface area (Å²) in [4.78, 5) is 4.80. The number of imidazole rings is 1. The van der Waals surface area contributed by atoms with Gasteiger partial charge in [-0.05, 0) is 37.0 Å². The second-order valence-electron chi connectivity index (χ2n) is 5.11. The first-order valence-electron chi connectivity index (χ1n) is 6.68. The lowest BCUT2D eigenvalue weighted by Gasteiger charge is -2.03. The van der Waals surface area contributed by atoms with Crippen LogP contribution in [-0.4, -0.2) is 9.38 Å². The SMILES string of the molecule is Nc1ccc2nc3c(n2c1)CCCc1ccccc1-3. The second kappa shape index (κ2) is 3.85. The van der Waals surface area contributed by atoms with Crippen LogP contribution in [0.5, 0.6) is 0 Å². The Bertz CT molecular complexity index is 771. The highest BCUT2D eigenvalue weighted by atomic mass is 15.0. The average molecular weight is 249 g/mol. The number of aromatic nitrogens is 2. The predicted octanol–water partition coefficient (Wildman–Crippen LogP) is 3.07. The molecule has 1 aromatic carbocycles. The third-order valence-corrected chi connectivity index (χ3v) is 3.87. The van der Waals surface area contributed by atoms with Crippen LogP contribution in [0.2, 0.25) is 0 Å². The maximum absolute atomic E-state index is 5.90. The molecular formula is C16H15N3. The number of pyridine rings is 1. The maximum Gasteiger partial charge on any atom is 0.137 e. The zero-order valence-corrected chi connectivity index (χ0v) is 10.6. The molecule has 0 bridgehead atoms. The van der Waals surface area contributed by atoms with Gasteiger partial charge in [-0.15, -0.1) is 0 Å². The van der Waals surface area contributed by atoms with Crippen molar-refractivity contribution in [1.29, 1.82) is 0 Å². The van der Waals surface area contributed by atoms with Crippen LogP contribution < -0.4 is 5.73 Å². The number of aryl methyl sites for hydroxylation is 2. The molecule has 3 aromatic rings. The van der Waals surface area contributed by atoms with Crippen molar-refractivity contribution in [3.63, 3.8) is 0 Å². The Morgan fingerprint density at radius 2 is 1.95 bits per heavy atom. The number of hydrogen-bond acceptors (Lipinski definition) is 2. The highest BCUT2D eigenvalue weighted by Crippen LogP contribution is 2.32. The van der Waals surface area contributed by atoms with Crippen molar-refractivity contribution >= 4 is 11.3 Å². The van der Waals surface area contributed by atoms with Crippen LogP contribution in [0.1, 0.15) is 17.7 Å². The van der Waals surface area contributed by atoms with E-state index in [4.69, 9.17) is 10.7 Å². The van der Waals surface area contributed by atoms with Gasteiger partial charge in [0.2, 0.25) is 0 Å². The molecule has 0 radical (unpaired) electrons. The zero-order valence-electron chi connectivity index (χ0n) is 10.6. The maximum atomic E-state index is 5.90.